The minimum absolute atomic E-state index is 0.153. The van der Waals surface area contributed by atoms with Gasteiger partial charge >= 0.3 is 0 Å². The van der Waals surface area contributed by atoms with E-state index in [0.29, 0.717) is 0 Å². The molecule has 2 nitrogen and oxygen atoms in total. The average molecular weight is 291 g/mol. The van der Waals surface area contributed by atoms with Gasteiger partial charge in [-0.3, -0.25) is 0 Å². The fourth-order valence-electron chi connectivity index (χ4n) is 1.98. The molecule has 0 N–H and O–H groups in total. The Morgan fingerprint density at radius 2 is 1.60 bits per heavy atom. The van der Waals surface area contributed by atoms with Gasteiger partial charge in [-0.15, -0.1) is 11.6 Å². The minimum Gasteiger partial charge on any atom is -0.497 e. The standard InChI is InChI=1S/C17H19ClO2/c1-12(2)20-16-6-4-5-14(11-16)17(18)13-7-9-15(19-3)10-8-13/h4-12,17H,1-3H3. The van der Waals surface area contributed by atoms with Crippen molar-refractivity contribution in [3.8, 4) is 11.5 Å². The molecule has 106 valence electrons. The molecule has 0 bridgehead atoms. The lowest BCUT2D eigenvalue weighted by Gasteiger charge is -2.14. The molecule has 0 spiro atoms. The van der Waals surface area contributed by atoms with E-state index in [-0.39, 0.29) is 11.5 Å². The van der Waals surface area contributed by atoms with Crippen LogP contribution >= 0.6 is 11.6 Å². The first-order valence-corrected chi connectivity index (χ1v) is 7.08. The lowest BCUT2D eigenvalue weighted by molar-refractivity contribution is 0.242. The topological polar surface area (TPSA) is 18.5 Å². The lowest BCUT2D eigenvalue weighted by atomic mass is 10.0. The van der Waals surface area contributed by atoms with Gasteiger partial charge in [0.1, 0.15) is 11.5 Å². The van der Waals surface area contributed by atoms with Crippen LogP contribution in [-0.4, -0.2) is 13.2 Å². The van der Waals surface area contributed by atoms with Gasteiger partial charge in [0.25, 0.3) is 0 Å². The smallest absolute Gasteiger partial charge is 0.120 e. The molecule has 20 heavy (non-hydrogen) atoms. The fourth-order valence-corrected chi connectivity index (χ4v) is 2.26. The minimum atomic E-state index is -0.198. The summed E-state index contributed by atoms with van der Waals surface area (Å²) in [6, 6.07) is 15.7. The lowest BCUT2D eigenvalue weighted by Crippen LogP contribution is -2.05. The summed E-state index contributed by atoms with van der Waals surface area (Å²) in [5, 5.41) is -0.198. The number of hydrogen-bond donors (Lipinski definition) is 0. The van der Waals surface area contributed by atoms with Crippen LogP contribution in [0.4, 0.5) is 0 Å². The number of hydrogen-bond acceptors (Lipinski definition) is 2. The van der Waals surface area contributed by atoms with Gasteiger partial charge in [-0.05, 0) is 49.2 Å². The second-order valence-corrected chi connectivity index (χ2v) is 5.31. The van der Waals surface area contributed by atoms with E-state index in [2.05, 4.69) is 0 Å². The fraction of sp³-hybridized carbons (Fsp3) is 0.294. The Morgan fingerprint density at radius 1 is 0.900 bits per heavy atom. The molecule has 1 atom stereocenters. The summed E-state index contributed by atoms with van der Waals surface area (Å²) in [6.07, 6.45) is 0.153. The van der Waals surface area contributed by atoms with Crippen molar-refractivity contribution in [1.82, 2.24) is 0 Å². The van der Waals surface area contributed by atoms with Crippen LogP contribution in [0.2, 0.25) is 0 Å². The Balaban J connectivity index is 2.20. The van der Waals surface area contributed by atoms with Crippen LogP contribution in [0.5, 0.6) is 11.5 Å². The number of benzene rings is 2. The van der Waals surface area contributed by atoms with E-state index in [1.165, 1.54) is 0 Å². The predicted molar refractivity (Wildman–Crippen MR) is 82.9 cm³/mol. The highest BCUT2D eigenvalue weighted by atomic mass is 35.5. The first-order chi connectivity index (χ1) is 9.60. The molecular formula is C17H19ClO2. The van der Waals surface area contributed by atoms with E-state index in [4.69, 9.17) is 21.1 Å². The quantitative estimate of drug-likeness (QED) is 0.736. The van der Waals surface area contributed by atoms with Gasteiger partial charge in [0.15, 0.2) is 0 Å². The third kappa shape index (κ3) is 3.67. The Morgan fingerprint density at radius 3 is 2.20 bits per heavy atom. The maximum absolute atomic E-state index is 6.54. The monoisotopic (exact) mass is 290 g/mol. The second-order valence-electron chi connectivity index (χ2n) is 4.87. The summed E-state index contributed by atoms with van der Waals surface area (Å²) in [6.45, 7) is 4.02. The third-order valence-electron chi connectivity index (χ3n) is 2.93. The van der Waals surface area contributed by atoms with Crippen LogP contribution in [0.1, 0.15) is 30.4 Å². The van der Waals surface area contributed by atoms with E-state index in [9.17, 15) is 0 Å². The summed E-state index contributed by atoms with van der Waals surface area (Å²) in [5.41, 5.74) is 2.06. The highest BCUT2D eigenvalue weighted by Crippen LogP contribution is 2.31. The molecule has 0 fully saturated rings. The van der Waals surface area contributed by atoms with E-state index in [1.54, 1.807) is 7.11 Å². The first kappa shape index (κ1) is 14.7. The summed E-state index contributed by atoms with van der Waals surface area (Å²) in [4.78, 5) is 0. The zero-order valence-electron chi connectivity index (χ0n) is 12.0. The van der Waals surface area contributed by atoms with Gasteiger partial charge in [0, 0.05) is 0 Å². The van der Waals surface area contributed by atoms with Crippen LogP contribution in [0, 0.1) is 0 Å². The predicted octanol–water partition coefficient (Wildman–Crippen LogP) is 4.81. The molecule has 0 amide bonds. The molecule has 3 heteroatoms. The molecular weight excluding hydrogens is 272 g/mol. The molecule has 0 aromatic heterocycles. The zero-order valence-corrected chi connectivity index (χ0v) is 12.7. The Labute approximate surface area is 125 Å². The van der Waals surface area contributed by atoms with Gasteiger partial charge in [0.2, 0.25) is 0 Å². The van der Waals surface area contributed by atoms with Crippen LogP contribution in [0.3, 0.4) is 0 Å². The van der Waals surface area contributed by atoms with Crippen LogP contribution in [-0.2, 0) is 0 Å². The molecule has 0 aliphatic heterocycles. The van der Waals surface area contributed by atoms with Gasteiger partial charge in [-0.25, -0.2) is 0 Å². The number of ether oxygens (including phenoxy) is 2. The maximum Gasteiger partial charge on any atom is 0.120 e. The summed E-state index contributed by atoms with van der Waals surface area (Å²) >= 11 is 6.54. The number of halogens is 1. The van der Waals surface area contributed by atoms with Gasteiger partial charge in [-0.2, -0.15) is 0 Å². The van der Waals surface area contributed by atoms with Crippen LogP contribution in [0.15, 0.2) is 48.5 Å². The highest BCUT2D eigenvalue weighted by Gasteiger charge is 2.12. The normalized spacial score (nSPS) is 12.2. The second kappa shape index (κ2) is 6.67. The molecule has 0 saturated carbocycles. The van der Waals surface area contributed by atoms with Crippen molar-refractivity contribution in [3.05, 3.63) is 59.7 Å². The van der Waals surface area contributed by atoms with E-state index < -0.39 is 0 Å². The Bertz CT molecular complexity index is 549. The van der Waals surface area contributed by atoms with Gasteiger partial charge in [0.05, 0.1) is 18.6 Å². The molecule has 0 aliphatic rings. The summed E-state index contributed by atoms with van der Waals surface area (Å²) in [7, 11) is 1.65. The summed E-state index contributed by atoms with van der Waals surface area (Å²) < 4.78 is 10.9. The molecule has 0 radical (unpaired) electrons. The average Bonchev–Trinajstić information content (AvgIpc) is 2.46. The van der Waals surface area contributed by atoms with Crippen molar-refractivity contribution in [2.75, 3.05) is 7.11 Å². The van der Waals surface area contributed by atoms with Crippen molar-refractivity contribution < 1.29 is 9.47 Å². The highest BCUT2D eigenvalue weighted by molar-refractivity contribution is 6.22. The summed E-state index contributed by atoms with van der Waals surface area (Å²) in [5.74, 6) is 1.67. The number of methoxy groups -OCH3 is 1. The van der Waals surface area contributed by atoms with Crippen molar-refractivity contribution in [2.45, 2.75) is 25.3 Å². The molecule has 2 rings (SSSR count). The van der Waals surface area contributed by atoms with Crippen LogP contribution in [0.25, 0.3) is 0 Å². The van der Waals surface area contributed by atoms with E-state index >= 15 is 0 Å². The molecule has 0 saturated heterocycles. The molecule has 0 aliphatic carbocycles. The largest absolute Gasteiger partial charge is 0.497 e. The maximum atomic E-state index is 6.54. The van der Waals surface area contributed by atoms with Crippen molar-refractivity contribution >= 4 is 11.6 Å². The Hall–Kier alpha value is -1.67. The third-order valence-corrected chi connectivity index (χ3v) is 3.43. The zero-order chi connectivity index (χ0) is 14.5. The van der Waals surface area contributed by atoms with E-state index in [0.717, 1.165) is 22.6 Å². The first-order valence-electron chi connectivity index (χ1n) is 6.65. The molecule has 2 aromatic rings. The molecule has 2 aromatic carbocycles. The van der Waals surface area contributed by atoms with Crippen molar-refractivity contribution in [1.29, 1.82) is 0 Å². The van der Waals surface area contributed by atoms with Crippen LogP contribution < -0.4 is 9.47 Å². The SMILES string of the molecule is COc1ccc(C(Cl)c2cccc(OC(C)C)c2)cc1. The van der Waals surface area contributed by atoms with Gasteiger partial charge in [-0.1, -0.05) is 24.3 Å². The Kier molecular flexibility index (Phi) is 4.91. The number of rotatable bonds is 5. The number of alkyl halides is 1. The van der Waals surface area contributed by atoms with Crippen molar-refractivity contribution in [3.63, 3.8) is 0 Å². The van der Waals surface area contributed by atoms with Gasteiger partial charge < -0.3 is 9.47 Å². The van der Waals surface area contributed by atoms with Crippen molar-refractivity contribution in [2.24, 2.45) is 0 Å². The van der Waals surface area contributed by atoms with E-state index in [1.807, 2.05) is 62.4 Å². The molecule has 0 heterocycles. The molecule has 1 unspecified atom stereocenters.